The van der Waals surface area contributed by atoms with Gasteiger partial charge in [0, 0.05) is 18.4 Å². The highest BCUT2D eigenvalue weighted by Crippen LogP contribution is 2.14. The van der Waals surface area contributed by atoms with Gasteiger partial charge in [0.25, 0.3) is 5.89 Å². The van der Waals surface area contributed by atoms with E-state index in [4.69, 9.17) is 20.8 Å². The highest BCUT2D eigenvalue weighted by atomic mass is 35.5. The minimum absolute atomic E-state index is 0.122. The summed E-state index contributed by atoms with van der Waals surface area (Å²) in [6, 6.07) is 5.88. The van der Waals surface area contributed by atoms with E-state index in [2.05, 4.69) is 10.2 Å². The van der Waals surface area contributed by atoms with Crippen LogP contribution in [-0.2, 0) is 13.0 Å². The van der Waals surface area contributed by atoms with E-state index < -0.39 is 0 Å². The normalized spacial score (nSPS) is 10.6. The van der Waals surface area contributed by atoms with Crippen LogP contribution in [0.4, 0.5) is 4.39 Å². The Hall–Kier alpha value is -1.62. The van der Waals surface area contributed by atoms with Crippen molar-refractivity contribution in [3.05, 3.63) is 41.9 Å². The van der Waals surface area contributed by atoms with Crippen molar-refractivity contribution in [1.82, 2.24) is 10.2 Å². The molecule has 0 atom stereocenters. The number of hydrogen-bond acceptors (Lipinski definition) is 4. The highest BCUT2D eigenvalue weighted by Gasteiger charge is 2.06. The lowest BCUT2D eigenvalue weighted by molar-refractivity contribution is 0.258. The Morgan fingerprint density at radius 1 is 1.28 bits per heavy atom. The molecule has 0 N–H and O–H groups in total. The lowest BCUT2D eigenvalue weighted by atomic mass is 10.3. The van der Waals surface area contributed by atoms with Crippen LogP contribution >= 0.6 is 11.6 Å². The summed E-state index contributed by atoms with van der Waals surface area (Å²) in [6.07, 6.45) is 1.43. The van der Waals surface area contributed by atoms with Crippen molar-refractivity contribution in [1.29, 1.82) is 0 Å². The van der Waals surface area contributed by atoms with Crippen molar-refractivity contribution in [2.24, 2.45) is 0 Å². The van der Waals surface area contributed by atoms with Crippen LogP contribution in [0.5, 0.6) is 5.75 Å². The zero-order valence-corrected chi connectivity index (χ0v) is 10.4. The first-order chi connectivity index (χ1) is 8.78. The highest BCUT2D eigenvalue weighted by molar-refractivity contribution is 6.17. The van der Waals surface area contributed by atoms with E-state index >= 15 is 0 Å². The number of rotatable bonds is 6. The van der Waals surface area contributed by atoms with Gasteiger partial charge in [0.15, 0.2) is 6.61 Å². The molecule has 0 spiro atoms. The molecule has 1 aromatic heterocycles. The maximum Gasteiger partial charge on any atom is 0.253 e. The topological polar surface area (TPSA) is 48.2 Å². The third kappa shape index (κ3) is 3.70. The van der Waals surface area contributed by atoms with E-state index in [1.54, 1.807) is 12.1 Å². The number of nitrogens with zero attached hydrogens (tertiary/aromatic N) is 2. The number of aryl methyl sites for hydroxylation is 1. The van der Waals surface area contributed by atoms with Gasteiger partial charge in [-0.2, -0.15) is 0 Å². The molecule has 0 aliphatic heterocycles. The minimum atomic E-state index is -0.346. The number of halogens is 2. The molecule has 18 heavy (non-hydrogen) atoms. The molecular formula is C12H12ClFN2O2. The Balaban J connectivity index is 1.88. The van der Waals surface area contributed by atoms with Crippen LogP contribution in [0.1, 0.15) is 18.2 Å². The molecule has 0 saturated heterocycles. The molecule has 96 valence electrons. The van der Waals surface area contributed by atoms with E-state index in [1.165, 1.54) is 12.1 Å². The number of ether oxygens (including phenoxy) is 1. The van der Waals surface area contributed by atoms with Gasteiger partial charge in [-0.1, -0.05) is 6.07 Å². The van der Waals surface area contributed by atoms with Crippen molar-refractivity contribution in [3.8, 4) is 5.75 Å². The maximum atomic E-state index is 12.9. The van der Waals surface area contributed by atoms with Crippen molar-refractivity contribution in [2.75, 3.05) is 5.88 Å². The van der Waals surface area contributed by atoms with Crippen LogP contribution in [0, 0.1) is 5.82 Å². The van der Waals surface area contributed by atoms with Gasteiger partial charge in [0.05, 0.1) is 0 Å². The fourth-order valence-corrected chi connectivity index (χ4v) is 1.50. The average molecular weight is 271 g/mol. The second-order valence-corrected chi connectivity index (χ2v) is 4.01. The smallest absolute Gasteiger partial charge is 0.253 e. The maximum absolute atomic E-state index is 12.9. The van der Waals surface area contributed by atoms with Gasteiger partial charge in [0.2, 0.25) is 5.89 Å². The van der Waals surface area contributed by atoms with Crippen LogP contribution in [0.15, 0.2) is 28.7 Å². The van der Waals surface area contributed by atoms with Crippen LogP contribution < -0.4 is 4.74 Å². The van der Waals surface area contributed by atoms with Crippen molar-refractivity contribution in [3.63, 3.8) is 0 Å². The fourth-order valence-electron chi connectivity index (χ4n) is 1.37. The summed E-state index contributed by atoms with van der Waals surface area (Å²) in [4.78, 5) is 0. The first-order valence-electron chi connectivity index (χ1n) is 5.53. The van der Waals surface area contributed by atoms with Gasteiger partial charge in [0.1, 0.15) is 11.6 Å². The Kier molecular flexibility index (Phi) is 4.52. The van der Waals surface area contributed by atoms with Crippen molar-refractivity contribution in [2.45, 2.75) is 19.4 Å². The molecule has 0 unspecified atom stereocenters. The van der Waals surface area contributed by atoms with Gasteiger partial charge in [-0.15, -0.1) is 21.8 Å². The van der Waals surface area contributed by atoms with Crippen LogP contribution in [0.25, 0.3) is 0 Å². The number of aromatic nitrogens is 2. The molecular weight excluding hydrogens is 259 g/mol. The number of benzene rings is 1. The largest absolute Gasteiger partial charge is 0.484 e. The van der Waals surface area contributed by atoms with Gasteiger partial charge in [-0.05, 0) is 18.6 Å². The first-order valence-corrected chi connectivity index (χ1v) is 6.07. The molecule has 0 aliphatic rings. The van der Waals surface area contributed by atoms with Gasteiger partial charge >= 0.3 is 0 Å². The molecule has 0 fully saturated rings. The standard InChI is InChI=1S/C12H12ClFN2O2/c13-6-2-5-11-15-16-12(18-11)8-17-10-4-1-3-9(14)7-10/h1,3-4,7H,2,5-6,8H2. The van der Waals surface area contributed by atoms with Gasteiger partial charge < -0.3 is 9.15 Å². The molecule has 1 heterocycles. The molecule has 2 aromatic rings. The lowest BCUT2D eigenvalue weighted by Gasteiger charge is -2.02. The zero-order valence-electron chi connectivity index (χ0n) is 9.60. The Labute approximate surface area is 109 Å². The second kappa shape index (κ2) is 6.35. The zero-order chi connectivity index (χ0) is 12.8. The van der Waals surface area contributed by atoms with E-state index in [0.717, 1.165) is 6.42 Å². The predicted molar refractivity (Wildman–Crippen MR) is 64.1 cm³/mol. The lowest BCUT2D eigenvalue weighted by Crippen LogP contribution is -1.95. The molecule has 0 bridgehead atoms. The molecule has 4 nitrogen and oxygen atoms in total. The summed E-state index contributed by atoms with van der Waals surface area (Å²) < 4.78 is 23.6. The van der Waals surface area contributed by atoms with Gasteiger partial charge in [-0.3, -0.25) is 0 Å². The fraction of sp³-hybridized carbons (Fsp3) is 0.333. The Bertz CT molecular complexity index is 504. The van der Waals surface area contributed by atoms with Crippen LogP contribution in [-0.4, -0.2) is 16.1 Å². The summed E-state index contributed by atoms with van der Waals surface area (Å²) in [5.41, 5.74) is 0. The molecule has 6 heteroatoms. The first kappa shape index (κ1) is 12.8. The van der Waals surface area contributed by atoms with E-state index in [9.17, 15) is 4.39 Å². The van der Waals surface area contributed by atoms with E-state index in [-0.39, 0.29) is 12.4 Å². The summed E-state index contributed by atoms with van der Waals surface area (Å²) in [5.74, 6) is 1.53. The van der Waals surface area contributed by atoms with Crippen LogP contribution in [0.2, 0.25) is 0 Å². The molecule has 0 radical (unpaired) electrons. The average Bonchev–Trinajstić information content (AvgIpc) is 2.82. The molecule has 0 aliphatic carbocycles. The van der Waals surface area contributed by atoms with E-state index in [0.29, 0.717) is 29.8 Å². The summed E-state index contributed by atoms with van der Waals surface area (Å²) in [6.45, 7) is 0.122. The Morgan fingerprint density at radius 2 is 2.11 bits per heavy atom. The molecule has 1 aromatic carbocycles. The van der Waals surface area contributed by atoms with Gasteiger partial charge in [-0.25, -0.2) is 4.39 Å². The predicted octanol–water partition coefficient (Wildman–Crippen LogP) is 2.96. The minimum Gasteiger partial charge on any atom is -0.484 e. The summed E-state index contributed by atoms with van der Waals surface area (Å²) in [7, 11) is 0. The van der Waals surface area contributed by atoms with Crippen molar-refractivity contribution >= 4 is 11.6 Å². The van der Waals surface area contributed by atoms with Crippen molar-refractivity contribution < 1.29 is 13.5 Å². The quantitative estimate of drug-likeness (QED) is 0.757. The summed E-state index contributed by atoms with van der Waals surface area (Å²) >= 11 is 5.56. The third-order valence-corrected chi connectivity index (χ3v) is 2.46. The number of alkyl halides is 1. The van der Waals surface area contributed by atoms with E-state index in [1.807, 2.05) is 0 Å². The number of hydrogen-bond donors (Lipinski definition) is 0. The SMILES string of the molecule is Fc1cccc(OCc2nnc(CCCCl)o2)c1. The van der Waals surface area contributed by atoms with Crippen LogP contribution in [0.3, 0.4) is 0 Å². The monoisotopic (exact) mass is 270 g/mol. The molecule has 2 rings (SSSR count). The Morgan fingerprint density at radius 3 is 2.89 bits per heavy atom. The summed E-state index contributed by atoms with van der Waals surface area (Å²) in [5, 5.41) is 7.68. The third-order valence-electron chi connectivity index (χ3n) is 2.19. The molecule has 0 saturated carbocycles. The molecule has 0 amide bonds. The second-order valence-electron chi connectivity index (χ2n) is 3.63.